The summed E-state index contributed by atoms with van der Waals surface area (Å²) in [4.78, 5) is 23.4. The zero-order chi connectivity index (χ0) is 30.1. The van der Waals surface area contributed by atoms with Gasteiger partial charge in [0.05, 0.1) is 34.9 Å². The first-order valence-electron chi connectivity index (χ1n) is 15.6. The van der Waals surface area contributed by atoms with E-state index in [1.54, 1.807) is 13.2 Å². The number of nitriles is 1. The summed E-state index contributed by atoms with van der Waals surface area (Å²) in [6.07, 6.45) is 5.16. The first-order valence-corrected chi connectivity index (χ1v) is 15.6. The lowest BCUT2D eigenvalue weighted by molar-refractivity contribution is -0.288. The number of cyclic esters (lactones) is 1. The van der Waals surface area contributed by atoms with Crippen molar-refractivity contribution in [3.8, 4) is 6.07 Å². The highest BCUT2D eigenvalue weighted by molar-refractivity contribution is 5.85. The molecule has 42 heavy (non-hydrogen) atoms. The zero-order valence-corrected chi connectivity index (χ0v) is 25.2. The molecule has 6 aliphatic rings. The molecule has 0 amide bonds. The Morgan fingerprint density at radius 2 is 1.88 bits per heavy atom. The second-order valence-corrected chi connectivity index (χ2v) is 14.0. The largest absolute Gasteiger partial charge is 0.458 e. The van der Waals surface area contributed by atoms with Crippen LogP contribution in [0.25, 0.3) is 0 Å². The number of rotatable bonds is 5. The van der Waals surface area contributed by atoms with E-state index in [1.165, 1.54) is 6.92 Å². The normalized spacial score (nSPS) is 50.0. The number of hydrogen-bond donors (Lipinski definition) is 2. The van der Waals surface area contributed by atoms with Gasteiger partial charge in [-0.15, -0.1) is 0 Å². The van der Waals surface area contributed by atoms with E-state index in [4.69, 9.17) is 23.7 Å². The summed E-state index contributed by atoms with van der Waals surface area (Å²) in [5.41, 5.74) is -2.59. The molecule has 0 aromatic carbocycles. The maximum atomic E-state index is 12.4. The molecule has 0 aromatic heterocycles. The Morgan fingerprint density at radius 3 is 2.55 bits per heavy atom. The van der Waals surface area contributed by atoms with Crippen LogP contribution in [0.15, 0.2) is 11.6 Å². The van der Waals surface area contributed by atoms with Gasteiger partial charge in [-0.25, -0.2) is 4.79 Å². The third-order valence-corrected chi connectivity index (χ3v) is 12.3. The number of nitrogens with zero attached hydrogens (tertiary/aromatic N) is 1. The van der Waals surface area contributed by atoms with E-state index in [-0.39, 0.29) is 35.9 Å². The second-order valence-electron chi connectivity index (χ2n) is 14.0. The minimum Gasteiger partial charge on any atom is -0.458 e. The van der Waals surface area contributed by atoms with E-state index in [9.17, 15) is 25.1 Å². The highest BCUT2D eigenvalue weighted by Gasteiger charge is 2.72. The molecule has 12 atom stereocenters. The number of esters is 2. The van der Waals surface area contributed by atoms with Gasteiger partial charge in [0.1, 0.15) is 12.7 Å². The van der Waals surface area contributed by atoms with Crippen molar-refractivity contribution in [1.82, 2.24) is 0 Å². The minimum atomic E-state index is -1.23. The van der Waals surface area contributed by atoms with Crippen molar-refractivity contribution < 1.29 is 43.5 Å². The predicted molar refractivity (Wildman–Crippen MR) is 147 cm³/mol. The number of carbonyl (C=O) groups excluding carboxylic acids is 2. The fourth-order valence-electron chi connectivity index (χ4n) is 10.3. The molecule has 0 unspecified atom stereocenters. The molecule has 4 saturated carbocycles. The number of aliphatic hydroxyl groups is 2. The quantitative estimate of drug-likeness (QED) is 0.363. The van der Waals surface area contributed by atoms with Gasteiger partial charge in [0.25, 0.3) is 0 Å². The SMILES string of the molecule is CO[C@@H]1C[C@H](O[C@@H]2CC[C@]3(C#N)[C@H]4CC[C@]5(C)[C@H](C6=CC(=O)OC6)CC[C@]5(O)[C@@H]4CC[C@]3(O)C2)O[C@@H](C)[C@H]1OC(C)=O. The van der Waals surface area contributed by atoms with Gasteiger partial charge in [0.15, 0.2) is 12.4 Å². The number of hydrogen-bond acceptors (Lipinski definition) is 10. The van der Waals surface area contributed by atoms with Crippen molar-refractivity contribution in [2.45, 2.75) is 127 Å². The van der Waals surface area contributed by atoms with E-state index in [1.807, 2.05) is 6.92 Å². The summed E-state index contributed by atoms with van der Waals surface area (Å²) in [5, 5.41) is 35.4. The molecule has 1 saturated heterocycles. The smallest absolute Gasteiger partial charge is 0.331 e. The third-order valence-electron chi connectivity index (χ3n) is 12.3. The average Bonchev–Trinajstić information content (AvgIpc) is 3.48. The van der Waals surface area contributed by atoms with Crippen LogP contribution in [0.1, 0.15) is 85.0 Å². The van der Waals surface area contributed by atoms with Crippen LogP contribution in [0.2, 0.25) is 0 Å². The summed E-state index contributed by atoms with van der Waals surface area (Å²) in [6, 6.07) is 2.62. The molecule has 0 spiro atoms. The van der Waals surface area contributed by atoms with Gasteiger partial charge in [-0.05, 0) is 81.6 Å². The molecule has 2 aliphatic heterocycles. The highest BCUT2D eigenvalue weighted by Crippen LogP contribution is 2.70. The van der Waals surface area contributed by atoms with Crippen molar-refractivity contribution in [3.05, 3.63) is 11.6 Å². The zero-order valence-electron chi connectivity index (χ0n) is 25.2. The molecule has 0 bridgehead atoms. The van der Waals surface area contributed by atoms with Crippen molar-refractivity contribution in [2.75, 3.05) is 13.7 Å². The van der Waals surface area contributed by atoms with E-state index in [2.05, 4.69) is 13.0 Å². The summed E-state index contributed by atoms with van der Waals surface area (Å²) in [6.45, 7) is 5.64. The van der Waals surface area contributed by atoms with Crippen molar-refractivity contribution >= 4 is 11.9 Å². The van der Waals surface area contributed by atoms with Crippen LogP contribution in [0.5, 0.6) is 0 Å². The van der Waals surface area contributed by atoms with Gasteiger partial charge in [-0.3, -0.25) is 4.79 Å². The molecule has 0 aromatic rings. The number of ether oxygens (including phenoxy) is 5. The Morgan fingerprint density at radius 1 is 1.12 bits per heavy atom. The van der Waals surface area contributed by atoms with Crippen LogP contribution < -0.4 is 0 Å². The molecular formula is C32H45NO9. The maximum Gasteiger partial charge on any atom is 0.331 e. The fraction of sp³-hybridized carbons (Fsp3) is 0.844. The van der Waals surface area contributed by atoms with E-state index in [0.717, 1.165) is 24.8 Å². The molecule has 10 nitrogen and oxygen atoms in total. The Kier molecular flexibility index (Phi) is 7.54. The van der Waals surface area contributed by atoms with Gasteiger partial charge in [0.2, 0.25) is 0 Å². The second kappa shape index (κ2) is 10.6. The van der Waals surface area contributed by atoms with Crippen LogP contribution in [0.3, 0.4) is 0 Å². The molecule has 4 aliphatic carbocycles. The predicted octanol–water partition coefficient (Wildman–Crippen LogP) is 3.33. The highest BCUT2D eigenvalue weighted by atomic mass is 16.7. The average molecular weight is 588 g/mol. The summed E-state index contributed by atoms with van der Waals surface area (Å²) in [7, 11) is 1.58. The Hall–Kier alpha value is -2.03. The Bertz CT molecular complexity index is 1180. The van der Waals surface area contributed by atoms with Gasteiger partial charge in [0, 0.05) is 38.4 Å². The summed E-state index contributed by atoms with van der Waals surface area (Å²) >= 11 is 0. The van der Waals surface area contributed by atoms with Gasteiger partial charge >= 0.3 is 11.9 Å². The van der Waals surface area contributed by atoms with Crippen LogP contribution in [-0.2, 0) is 33.3 Å². The van der Waals surface area contributed by atoms with Crippen LogP contribution in [-0.4, -0.2) is 77.8 Å². The van der Waals surface area contributed by atoms with Crippen molar-refractivity contribution in [3.63, 3.8) is 0 Å². The first kappa shape index (κ1) is 30.0. The standard InChI is InChI=1S/C32H45NO9/c1-18-28(41-19(2)34)25(38-4)14-27(40-18)42-21-5-10-30(17-33)23-6-9-29(3)22(20-13-26(35)39-16-20)8-12-32(29,37)24(23)7-11-31(30,36)15-21/h13,18,21-25,27-28,36-37H,5-12,14-16H2,1-4H3/t18-,21+,22-,23-,24+,25+,27-,28+,29+,30-,31-,32-/m0/s1. The van der Waals surface area contributed by atoms with Crippen LogP contribution in [0.4, 0.5) is 0 Å². The lowest BCUT2D eigenvalue weighted by Crippen LogP contribution is -2.68. The molecule has 6 rings (SSSR count). The molecule has 5 fully saturated rings. The van der Waals surface area contributed by atoms with Gasteiger partial charge in [-0.1, -0.05) is 6.92 Å². The maximum absolute atomic E-state index is 12.4. The molecule has 2 N–H and O–H groups in total. The first-order chi connectivity index (χ1) is 19.9. The van der Waals surface area contributed by atoms with E-state index < -0.39 is 46.5 Å². The van der Waals surface area contributed by atoms with E-state index in [0.29, 0.717) is 51.6 Å². The number of carbonyl (C=O) groups is 2. The van der Waals surface area contributed by atoms with Crippen LogP contribution >= 0.6 is 0 Å². The Balaban J connectivity index is 1.18. The fourth-order valence-corrected chi connectivity index (χ4v) is 10.3. The molecule has 0 radical (unpaired) electrons. The van der Waals surface area contributed by atoms with E-state index >= 15 is 0 Å². The van der Waals surface area contributed by atoms with Gasteiger partial charge in [-0.2, -0.15) is 5.26 Å². The van der Waals surface area contributed by atoms with Crippen molar-refractivity contribution in [2.24, 2.45) is 28.6 Å². The molecule has 10 heteroatoms. The summed E-state index contributed by atoms with van der Waals surface area (Å²) < 4.78 is 28.7. The summed E-state index contributed by atoms with van der Waals surface area (Å²) in [5.74, 6) is -0.844. The molecule has 232 valence electrons. The third kappa shape index (κ3) is 4.37. The van der Waals surface area contributed by atoms with Crippen molar-refractivity contribution in [1.29, 1.82) is 5.26 Å². The molecular weight excluding hydrogens is 542 g/mol. The van der Waals surface area contributed by atoms with Crippen LogP contribution in [0, 0.1) is 39.9 Å². The Labute approximate surface area is 247 Å². The molecule has 2 heterocycles. The minimum absolute atomic E-state index is 0.0761. The monoisotopic (exact) mass is 587 g/mol. The topological polar surface area (TPSA) is 145 Å². The lowest BCUT2D eigenvalue weighted by Gasteiger charge is -2.64. The lowest BCUT2D eigenvalue weighted by atomic mass is 9.41. The van der Waals surface area contributed by atoms with Gasteiger partial charge < -0.3 is 33.9 Å². The number of methoxy groups -OCH3 is 1. The number of fused-ring (bicyclic) bond motifs is 5.